The second-order valence-corrected chi connectivity index (χ2v) is 5.55. The molecule has 1 heterocycles. The lowest BCUT2D eigenvalue weighted by atomic mass is 9.92. The molecule has 0 saturated carbocycles. The van der Waals surface area contributed by atoms with E-state index in [2.05, 4.69) is 38.0 Å². The molecule has 12 heavy (non-hydrogen) atoms. The Bertz CT molecular complexity index is 128. The summed E-state index contributed by atoms with van der Waals surface area (Å²) in [6.07, 6.45) is 4.17. The Hall–Kier alpha value is 0.310. The van der Waals surface area contributed by atoms with Gasteiger partial charge in [0.25, 0.3) is 0 Å². The van der Waals surface area contributed by atoms with E-state index in [1.807, 2.05) is 0 Å². The van der Waals surface area contributed by atoms with Crippen LogP contribution < -0.4 is 5.32 Å². The van der Waals surface area contributed by atoms with Crippen molar-refractivity contribution >= 4 is 11.8 Å². The van der Waals surface area contributed by atoms with Gasteiger partial charge >= 0.3 is 0 Å². The highest BCUT2D eigenvalue weighted by Crippen LogP contribution is 2.28. The summed E-state index contributed by atoms with van der Waals surface area (Å²) in [5, 5.41) is 3.36. The highest BCUT2D eigenvalue weighted by atomic mass is 32.2. The van der Waals surface area contributed by atoms with Crippen molar-refractivity contribution in [2.45, 2.75) is 38.6 Å². The first-order valence-electron chi connectivity index (χ1n) is 4.91. The predicted octanol–water partition coefficient (Wildman–Crippen LogP) is 2.52. The van der Waals surface area contributed by atoms with E-state index < -0.39 is 0 Å². The fourth-order valence-corrected chi connectivity index (χ4v) is 2.83. The molecule has 0 aromatic carbocycles. The van der Waals surface area contributed by atoms with E-state index in [0.717, 1.165) is 5.92 Å². The maximum atomic E-state index is 3.36. The summed E-state index contributed by atoms with van der Waals surface area (Å²) in [5.74, 6) is 3.80. The summed E-state index contributed by atoms with van der Waals surface area (Å²) in [4.78, 5) is 0. The van der Waals surface area contributed by atoms with Crippen molar-refractivity contribution in [3.05, 3.63) is 0 Å². The summed E-state index contributed by atoms with van der Waals surface area (Å²) < 4.78 is 0. The SMILES string of the molecule is CNC(C)(C)CCC1CCSC1. The molecular weight excluding hydrogens is 166 g/mol. The normalized spacial score (nSPS) is 24.8. The molecule has 0 aromatic heterocycles. The second kappa shape index (κ2) is 4.52. The Morgan fingerprint density at radius 1 is 1.50 bits per heavy atom. The molecule has 1 N–H and O–H groups in total. The van der Waals surface area contributed by atoms with E-state index in [1.165, 1.54) is 30.8 Å². The van der Waals surface area contributed by atoms with Crippen LogP contribution >= 0.6 is 11.8 Å². The van der Waals surface area contributed by atoms with Gasteiger partial charge in [0.1, 0.15) is 0 Å². The third kappa shape index (κ3) is 3.36. The Balaban J connectivity index is 2.15. The molecule has 72 valence electrons. The molecule has 1 nitrogen and oxygen atoms in total. The van der Waals surface area contributed by atoms with Crippen LogP contribution in [0.25, 0.3) is 0 Å². The average molecular weight is 187 g/mol. The maximum Gasteiger partial charge on any atom is 0.0122 e. The molecule has 0 spiro atoms. The fourth-order valence-electron chi connectivity index (χ4n) is 1.50. The van der Waals surface area contributed by atoms with E-state index in [-0.39, 0.29) is 0 Å². The monoisotopic (exact) mass is 187 g/mol. The lowest BCUT2D eigenvalue weighted by Gasteiger charge is -2.25. The third-order valence-corrected chi connectivity index (χ3v) is 4.11. The zero-order valence-electron chi connectivity index (χ0n) is 8.52. The van der Waals surface area contributed by atoms with Gasteiger partial charge in [0, 0.05) is 5.54 Å². The summed E-state index contributed by atoms with van der Waals surface area (Å²) in [6.45, 7) is 4.57. The first-order valence-corrected chi connectivity index (χ1v) is 6.06. The quantitative estimate of drug-likeness (QED) is 0.726. The minimum absolute atomic E-state index is 0.341. The Kier molecular flexibility index (Phi) is 3.91. The highest BCUT2D eigenvalue weighted by molar-refractivity contribution is 7.99. The van der Waals surface area contributed by atoms with E-state index in [4.69, 9.17) is 0 Å². The minimum Gasteiger partial charge on any atom is -0.315 e. The smallest absolute Gasteiger partial charge is 0.0122 e. The van der Waals surface area contributed by atoms with E-state index in [9.17, 15) is 0 Å². The summed E-state index contributed by atoms with van der Waals surface area (Å²) in [7, 11) is 2.06. The van der Waals surface area contributed by atoms with Gasteiger partial charge in [-0.1, -0.05) is 0 Å². The summed E-state index contributed by atoms with van der Waals surface area (Å²) in [6, 6.07) is 0. The third-order valence-electron chi connectivity index (χ3n) is 2.88. The molecular formula is C10H21NS. The maximum absolute atomic E-state index is 3.36. The number of hydrogen-bond donors (Lipinski definition) is 1. The van der Waals surface area contributed by atoms with Gasteiger partial charge < -0.3 is 5.32 Å². The van der Waals surface area contributed by atoms with Crippen LogP contribution in [0.5, 0.6) is 0 Å². The predicted molar refractivity (Wildman–Crippen MR) is 57.8 cm³/mol. The molecule has 1 unspecified atom stereocenters. The molecule has 0 aliphatic carbocycles. The molecule has 0 amide bonds. The van der Waals surface area contributed by atoms with Crippen LogP contribution in [0.1, 0.15) is 33.1 Å². The summed E-state index contributed by atoms with van der Waals surface area (Å²) >= 11 is 2.12. The molecule has 1 aliphatic rings. The number of nitrogens with one attached hydrogen (secondary N) is 1. The van der Waals surface area contributed by atoms with Gasteiger partial charge in [0.05, 0.1) is 0 Å². The van der Waals surface area contributed by atoms with Crippen LogP contribution in [0.2, 0.25) is 0 Å². The van der Waals surface area contributed by atoms with Gasteiger partial charge in [-0.3, -0.25) is 0 Å². The Morgan fingerprint density at radius 3 is 2.75 bits per heavy atom. The molecule has 0 bridgehead atoms. The van der Waals surface area contributed by atoms with Crippen LogP contribution in [0.15, 0.2) is 0 Å². The van der Waals surface area contributed by atoms with Gasteiger partial charge in [-0.15, -0.1) is 0 Å². The second-order valence-electron chi connectivity index (χ2n) is 4.40. The van der Waals surface area contributed by atoms with Crippen LogP contribution in [0.3, 0.4) is 0 Å². The first-order chi connectivity index (χ1) is 5.64. The van der Waals surface area contributed by atoms with Crippen molar-refractivity contribution in [2.24, 2.45) is 5.92 Å². The topological polar surface area (TPSA) is 12.0 Å². The average Bonchev–Trinajstić information content (AvgIpc) is 2.53. The number of thioether (sulfide) groups is 1. The van der Waals surface area contributed by atoms with Gasteiger partial charge in [-0.25, -0.2) is 0 Å². The molecule has 0 radical (unpaired) electrons. The van der Waals surface area contributed by atoms with E-state index >= 15 is 0 Å². The van der Waals surface area contributed by atoms with Crippen LogP contribution in [-0.4, -0.2) is 24.1 Å². The molecule has 1 rings (SSSR count). The zero-order valence-corrected chi connectivity index (χ0v) is 9.34. The van der Waals surface area contributed by atoms with Crippen molar-refractivity contribution in [3.8, 4) is 0 Å². The molecule has 1 aliphatic heterocycles. The Labute approximate surface area is 80.7 Å². The standard InChI is InChI=1S/C10H21NS/c1-10(2,11-3)6-4-9-5-7-12-8-9/h9,11H,4-8H2,1-3H3. The molecule has 2 heteroatoms. The Morgan fingerprint density at radius 2 is 2.25 bits per heavy atom. The van der Waals surface area contributed by atoms with Crippen LogP contribution in [-0.2, 0) is 0 Å². The van der Waals surface area contributed by atoms with E-state index in [1.54, 1.807) is 0 Å². The van der Waals surface area contributed by atoms with Crippen molar-refractivity contribution < 1.29 is 0 Å². The van der Waals surface area contributed by atoms with Gasteiger partial charge in [0.2, 0.25) is 0 Å². The fraction of sp³-hybridized carbons (Fsp3) is 1.00. The van der Waals surface area contributed by atoms with E-state index in [0.29, 0.717) is 5.54 Å². The highest BCUT2D eigenvalue weighted by Gasteiger charge is 2.20. The molecule has 1 saturated heterocycles. The van der Waals surface area contributed by atoms with Crippen molar-refractivity contribution in [2.75, 3.05) is 18.6 Å². The molecule has 0 aromatic rings. The number of rotatable bonds is 4. The van der Waals surface area contributed by atoms with Gasteiger partial charge in [-0.05, 0) is 57.6 Å². The lowest BCUT2D eigenvalue weighted by molar-refractivity contribution is 0.350. The van der Waals surface area contributed by atoms with Crippen molar-refractivity contribution in [1.82, 2.24) is 5.32 Å². The molecule has 1 fully saturated rings. The lowest BCUT2D eigenvalue weighted by Crippen LogP contribution is -2.36. The largest absolute Gasteiger partial charge is 0.315 e. The van der Waals surface area contributed by atoms with Crippen molar-refractivity contribution in [3.63, 3.8) is 0 Å². The van der Waals surface area contributed by atoms with Crippen LogP contribution in [0.4, 0.5) is 0 Å². The van der Waals surface area contributed by atoms with Gasteiger partial charge in [0.15, 0.2) is 0 Å². The molecule has 1 atom stereocenters. The zero-order chi connectivity index (χ0) is 9.03. The minimum atomic E-state index is 0.341. The van der Waals surface area contributed by atoms with Crippen LogP contribution in [0, 0.1) is 5.92 Å². The number of hydrogen-bond acceptors (Lipinski definition) is 2. The summed E-state index contributed by atoms with van der Waals surface area (Å²) in [5.41, 5.74) is 0.341. The van der Waals surface area contributed by atoms with Gasteiger partial charge in [-0.2, -0.15) is 11.8 Å². The first kappa shape index (κ1) is 10.4. The van der Waals surface area contributed by atoms with Crippen molar-refractivity contribution in [1.29, 1.82) is 0 Å².